The third-order valence-corrected chi connectivity index (χ3v) is 4.85. The van der Waals surface area contributed by atoms with E-state index in [0.29, 0.717) is 16.9 Å². The molecule has 2 rings (SSSR count). The Kier molecular flexibility index (Phi) is 6.57. The van der Waals surface area contributed by atoms with Crippen molar-refractivity contribution in [1.29, 1.82) is 0 Å². The molecule has 27 heavy (non-hydrogen) atoms. The summed E-state index contributed by atoms with van der Waals surface area (Å²) in [6, 6.07) is 14.0. The van der Waals surface area contributed by atoms with Crippen molar-refractivity contribution in [3.8, 4) is 0 Å². The quantitative estimate of drug-likeness (QED) is 0.732. The predicted molar refractivity (Wildman–Crippen MR) is 104 cm³/mol. The number of hydrogen-bond acceptors (Lipinski definition) is 5. The standard InChI is InChI=1S/C19H22N2O5S/c1-14-7-6-9-16(11-14)20-18(22)13-26-19(23)12-21(27(3,24)25)17-10-5-4-8-15(17)2/h4-11H,12-13H2,1-3H3,(H,20,22). The molecule has 0 bridgehead atoms. The molecule has 8 heteroatoms. The average Bonchev–Trinajstić information content (AvgIpc) is 2.58. The van der Waals surface area contributed by atoms with Crippen molar-refractivity contribution in [1.82, 2.24) is 0 Å². The van der Waals surface area contributed by atoms with E-state index in [-0.39, 0.29) is 0 Å². The van der Waals surface area contributed by atoms with Gasteiger partial charge >= 0.3 is 5.97 Å². The molecule has 2 aromatic rings. The zero-order valence-electron chi connectivity index (χ0n) is 15.4. The topological polar surface area (TPSA) is 92.8 Å². The molecule has 0 aromatic heterocycles. The van der Waals surface area contributed by atoms with Gasteiger partial charge in [0.2, 0.25) is 10.0 Å². The van der Waals surface area contributed by atoms with Crippen LogP contribution in [0.15, 0.2) is 48.5 Å². The zero-order chi connectivity index (χ0) is 20.0. The van der Waals surface area contributed by atoms with Gasteiger partial charge in [0.25, 0.3) is 5.91 Å². The molecule has 2 aromatic carbocycles. The molecule has 0 unspecified atom stereocenters. The summed E-state index contributed by atoms with van der Waals surface area (Å²) in [5.41, 5.74) is 2.66. The Morgan fingerprint density at radius 2 is 1.78 bits per heavy atom. The molecule has 1 N–H and O–H groups in total. The van der Waals surface area contributed by atoms with Gasteiger partial charge in [-0.3, -0.25) is 13.9 Å². The maximum atomic E-state index is 12.1. The molecule has 0 saturated heterocycles. The number of ether oxygens (including phenoxy) is 1. The Labute approximate surface area is 159 Å². The highest BCUT2D eigenvalue weighted by Crippen LogP contribution is 2.21. The summed E-state index contributed by atoms with van der Waals surface area (Å²) < 4.78 is 30.0. The second-order valence-electron chi connectivity index (χ2n) is 6.13. The van der Waals surface area contributed by atoms with Gasteiger partial charge in [0.05, 0.1) is 11.9 Å². The van der Waals surface area contributed by atoms with Gasteiger partial charge in [0.15, 0.2) is 6.61 Å². The lowest BCUT2D eigenvalue weighted by Gasteiger charge is -2.23. The van der Waals surface area contributed by atoms with Crippen molar-refractivity contribution in [2.45, 2.75) is 13.8 Å². The van der Waals surface area contributed by atoms with Crippen molar-refractivity contribution < 1.29 is 22.7 Å². The van der Waals surface area contributed by atoms with E-state index in [4.69, 9.17) is 4.74 Å². The van der Waals surface area contributed by atoms with Gasteiger partial charge in [-0.2, -0.15) is 0 Å². The first-order chi connectivity index (χ1) is 12.7. The number of nitrogens with one attached hydrogen (secondary N) is 1. The van der Waals surface area contributed by atoms with Gasteiger partial charge in [-0.15, -0.1) is 0 Å². The van der Waals surface area contributed by atoms with E-state index in [2.05, 4.69) is 5.32 Å². The number of nitrogens with zero attached hydrogens (tertiary/aromatic N) is 1. The molecule has 0 heterocycles. The highest BCUT2D eigenvalue weighted by molar-refractivity contribution is 7.92. The van der Waals surface area contributed by atoms with Crippen LogP contribution in [-0.4, -0.2) is 39.7 Å². The van der Waals surface area contributed by atoms with Crippen LogP contribution in [0.2, 0.25) is 0 Å². The lowest BCUT2D eigenvalue weighted by atomic mass is 10.2. The Morgan fingerprint density at radius 1 is 1.07 bits per heavy atom. The summed E-state index contributed by atoms with van der Waals surface area (Å²) in [6.07, 6.45) is 1.01. The van der Waals surface area contributed by atoms with E-state index in [9.17, 15) is 18.0 Å². The minimum Gasteiger partial charge on any atom is -0.454 e. The van der Waals surface area contributed by atoms with E-state index in [1.807, 2.05) is 13.0 Å². The van der Waals surface area contributed by atoms with Crippen molar-refractivity contribution in [2.75, 3.05) is 29.0 Å². The van der Waals surface area contributed by atoms with Crippen LogP contribution in [0, 0.1) is 13.8 Å². The molecule has 0 saturated carbocycles. The first-order valence-corrected chi connectivity index (χ1v) is 10.1. The Balaban J connectivity index is 1.98. The molecular weight excluding hydrogens is 368 g/mol. The van der Waals surface area contributed by atoms with E-state index < -0.39 is 35.1 Å². The summed E-state index contributed by atoms with van der Waals surface area (Å²) in [4.78, 5) is 24.0. The summed E-state index contributed by atoms with van der Waals surface area (Å²) in [7, 11) is -3.70. The van der Waals surface area contributed by atoms with Gasteiger partial charge in [-0.25, -0.2) is 8.42 Å². The van der Waals surface area contributed by atoms with Gasteiger partial charge < -0.3 is 10.1 Å². The van der Waals surface area contributed by atoms with Crippen molar-refractivity contribution >= 4 is 33.3 Å². The molecule has 0 aliphatic carbocycles. The summed E-state index contributed by atoms with van der Waals surface area (Å²) >= 11 is 0. The van der Waals surface area contributed by atoms with Gasteiger partial charge in [0, 0.05) is 5.69 Å². The maximum Gasteiger partial charge on any atom is 0.327 e. The second-order valence-corrected chi connectivity index (χ2v) is 8.04. The lowest BCUT2D eigenvalue weighted by molar-refractivity contribution is -0.145. The number of anilines is 2. The van der Waals surface area contributed by atoms with Gasteiger partial charge in [-0.1, -0.05) is 30.3 Å². The van der Waals surface area contributed by atoms with E-state index >= 15 is 0 Å². The molecule has 7 nitrogen and oxygen atoms in total. The highest BCUT2D eigenvalue weighted by atomic mass is 32.2. The van der Waals surface area contributed by atoms with Gasteiger partial charge in [-0.05, 0) is 43.2 Å². The third-order valence-electron chi connectivity index (χ3n) is 3.72. The van der Waals surface area contributed by atoms with Gasteiger partial charge in [0.1, 0.15) is 6.54 Å². The Bertz CT molecular complexity index is 941. The van der Waals surface area contributed by atoms with Crippen LogP contribution in [0.1, 0.15) is 11.1 Å². The Morgan fingerprint density at radius 3 is 2.41 bits per heavy atom. The fraction of sp³-hybridized carbons (Fsp3) is 0.263. The fourth-order valence-corrected chi connectivity index (χ4v) is 3.36. The number of aryl methyl sites for hydroxylation is 2. The van der Waals surface area contributed by atoms with E-state index in [1.54, 1.807) is 49.4 Å². The predicted octanol–water partition coefficient (Wildman–Crippen LogP) is 2.25. The minimum atomic E-state index is -3.70. The maximum absolute atomic E-state index is 12.1. The number of rotatable bonds is 7. The molecule has 0 aliphatic rings. The Hall–Kier alpha value is -2.87. The van der Waals surface area contributed by atoms with Crippen LogP contribution < -0.4 is 9.62 Å². The lowest BCUT2D eigenvalue weighted by Crippen LogP contribution is -2.37. The summed E-state index contributed by atoms with van der Waals surface area (Å²) in [5.74, 6) is -1.32. The monoisotopic (exact) mass is 390 g/mol. The molecule has 0 aliphatic heterocycles. The van der Waals surface area contributed by atoms with E-state index in [1.165, 1.54) is 0 Å². The van der Waals surface area contributed by atoms with Crippen LogP contribution in [0.3, 0.4) is 0 Å². The SMILES string of the molecule is Cc1cccc(NC(=O)COC(=O)CN(c2ccccc2C)S(C)(=O)=O)c1. The van der Waals surface area contributed by atoms with Crippen LogP contribution in [0.5, 0.6) is 0 Å². The molecule has 1 amide bonds. The largest absolute Gasteiger partial charge is 0.454 e. The number of carbonyl (C=O) groups excluding carboxylic acids is 2. The van der Waals surface area contributed by atoms with Crippen molar-refractivity contribution in [3.05, 3.63) is 59.7 Å². The van der Waals surface area contributed by atoms with E-state index in [0.717, 1.165) is 16.1 Å². The van der Waals surface area contributed by atoms with Crippen molar-refractivity contribution in [3.63, 3.8) is 0 Å². The number of para-hydroxylation sites is 1. The van der Waals surface area contributed by atoms with Crippen LogP contribution >= 0.6 is 0 Å². The molecular formula is C19H22N2O5S. The molecule has 0 atom stereocenters. The minimum absolute atomic E-state index is 0.390. The number of hydrogen-bond donors (Lipinski definition) is 1. The number of esters is 1. The molecule has 0 fully saturated rings. The number of benzene rings is 2. The fourth-order valence-electron chi connectivity index (χ4n) is 2.45. The molecule has 0 spiro atoms. The van der Waals surface area contributed by atoms with Crippen LogP contribution in [-0.2, 0) is 24.3 Å². The number of sulfonamides is 1. The summed E-state index contributed by atoms with van der Waals surface area (Å²) in [6.45, 7) is 2.62. The number of carbonyl (C=O) groups is 2. The number of amides is 1. The van der Waals surface area contributed by atoms with Crippen molar-refractivity contribution in [2.24, 2.45) is 0 Å². The summed E-state index contributed by atoms with van der Waals surface area (Å²) in [5, 5.41) is 2.61. The van der Waals surface area contributed by atoms with Crippen LogP contribution in [0.4, 0.5) is 11.4 Å². The third kappa shape index (κ3) is 6.10. The first-order valence-electron chi connectivity index (χ1n) is 8.22. The highest BCUT2D eigenvalue weighted by Gasteiger charge is 2.23. The smallest absolute Gasteiger partial charge is 0.327 e. The zero-order valence-corrected chi connectivity index (χ0v) is 16.2. The second kappa shape index (κ2) is 8.68. The average molecular weight is 390 g/mol. The molecule has 0 radical (unpaired) electrons. The first kappa shape index (κ1) is 20.4. The van der Waals surface area contributed by atoms with Crippen LogP contribution in [0.25, 0.3) is 0 Å². The molecule has 144 valence electrons. The normalized spacial score (nSPS) is 10.9.